The van der Waals surface area contributed by atoms with Crippen molar-refractivity contribution in [2.24, 2.45) is 0 Å². The number of ether oxygens (including phenoxy) is 2. The van der Waals surface area contributed by atoms with Crippen molar-refractivity contribution in [3.8, 4) is 5.75 Å². The van der Waals surface area contributed by atoms with E-state index in [0.717, 1.165) is 10.2 Å². The average molecular weight is 333 g/mol. The van der Waals surface area contributed by atoms with Crippen molar-refractivity contribution < 1.29 is 9.47 Å². The molecule has 2 aromatic rings. The summed E-state index contributed by atoms with van der Waals surface area (Å²) in [7, 11) is 0. The van der Waals surface area contributed by atoms with Crippen LogP contribution in [0.15, 0.2) is 65.1 Å². The van der Waals surface area contributed by atoms with Crippen molar-refractivity contribution in [1.82, 2.24) is 0 Å². The highest BCUT2D eigenvalue weighted by Gasteiger charge is 1.94. The number of hydrogen-bond donors (Lipinski definition) is 0. The van der Waals surface area contributed by atoms with Crippen LogP contribution in [0.25, 0.3) is 6.08 Å². The fourth-order valence-electron chi connectivity index (χ4n) is 1.67. The van der Waals surface area contributed by atoms with Crippen LogP contribution in [0.2, 0.25) is 0 Å². The summed E-state index contributed by atoms with van der Waals surface area (Å²) < 4.78 is 12.1. The molecule has 0 aromatic heterocycles. The molecular formula is C17H17BrO2. The summed E-state index contributed by atoms with van der Waals surface area (Å²) in [5, 5.41) is 0. The van der Waals surface area contributed by atoms with Crippen molar-refractivity contribution in [3.05, 3.63) is 70.7 Å². The largest absolute Gasteiger partial charge is 0.491 e. The van der Waals surface area contributed by atoms with Gasteiger partial charge in [0.05, 0.1) is 13.2 Å². The maximum atomic E-state index is 5.57. The van der Waals surface area contributed by atoms with Crippen LogP contribution in [0.1, 0.15) is 5.56 Å². The molecule has 20 heavy (non-hydrogen) atoms. The van der Waals surface area contributed by atoms with E-state index in [1.807, 2.05) is 48.5 Å². The minimum absolute atomic E-state index is 0.551. The molecule has 0 aliphatic rings. The zero-order valence-corrected chi connectivity index (χ0v) is 12.8. The van der Waals surface area contributed by atoms with Gasteiger partial charge < -0.3 is 9.47 Å². The third-order valence-electron chi connectivity index (χ3n) is 2.62. The van der Waals surface area contributed by atoms with Crippen LogP contribution in [0.5, 0.6) is 5.75 Å². The third-order valence-corrected chi connectivity index (χ3v) is 3.11. The predicted molar refractivity (Wildman–Crippen MR) is 85.9 cm³/mol. The molecule has 0 amide bonds. The topological polar surface area (TPSA) is 18.5 Å². The van der Waals surface area contributed by atoms with Crippen LogP contribution >= 0.6 is 15.9 Å². The Kier molecular flexibility index (Phi) is 6.35. The molecule has 0 spiro atoms. The van der Waals surface area contributed by atoms with E-state index in [1.165, 1.54) is 5.56 Å². The van der Waals surface area contributed by atoms with Gasteiger partial charge in [0.15, 0.2) is 0 Å². The van der Waals surface area contributed by atoms with Crippen LogP contribution in [0.4, 0.5) is 0 Å². The van der Waals surface area contributed by atoms with Gasteiger partial charge in [-0.1, -0.05) is 64.5 Å². The maximum absolute atomic E-state index is 5.57. The molecule has 0 saturated carbocycles. The Morgan fingerprint density at radius 1 is 0.950 bits per heavy atom. The average Bonchev–Trinajstić information content (AvgIpc) is 2.47. The summed E-state index contributed by atoms with van der Waals surface area (Å²) in [5.41, 5.74) is 1.18. The standard InChI is InChI=1S/C17H17BrO2/c18-16-9-4-10-17(14-16)20-13-12-19-11-5-8-15-6-2-1-3-7-15/h1-10,14H,11-13H2. The summed E-state index contributed by atoms with van der Waals surface area (Å²) in [6, 6.07) is 18.0. The van der Waals surface area contributed by atoms with Gasteiger partial charge in [-0.3, -0.25) is 0 Å². The lowest BCUT2D eigenvalue weighted by Crippen LogP contribution is -2.06. The van der Waals surface area contributed by atoms with E-state index in [0.29, 0.717) is 19.8 Å². The molecule has 0 bridgehead atoms. The molecule has 0 atom stereocenters. The zero-order chi connectivity index (χ0) is 14.0. The Balaban J connectivity index is 1.59. The highest BCUT2D eigenvalue weighted by Crippen LogP contribution is 2.17. The summed E-state index contributed by atoms with van der Waals surface area (Å²) in [5.74, 6) is 0.850. The first-order valence-electron chi connectivity index (χ1n) is 6.52. The van der Waals surface area contributed by atoms with E-state index >= 15 is 0 Å². The van der Waals surface area contributed by atoms with Crippen LogP contribution in [0.3, 0.4) is 0 Å². The third kappa shape index (κ3) is 5.59. The molecule has 0 saturated heterocycles. The Morgan fingerprint density at radius 2 is 1.80 bits per heavy atom. The van der Waals surface area contributed by atoms with E-state index in [1.54, 1.807) is 0 Å². The van der Waals surface area contributed by atoms with E-state index in [4.69, 9.17) is 9.47 Å². The molecule has 0 aliphatic carbocycles. The Hall–Kier alpha value is -1.58. The second-order valence-corrected chi connectivity index (χ2v) is 5.11. The Bertz CT molecular complexity index is 538. The van der Waals surface area contributed by atoms with Gasteiger partial charge in [0.25, 0.3) is 0 Å². The van der Waals surface area contributed by atoms with Crippen LogP contribution in [0, 0.1) is 0 Å². The fraction of sp³-hybridized carbons (Fsp3) is 0.176. The highest BCUT2D eigenvalue weighted by atomic mass is 79.9. The smallest absolute Gasteiger partial charge is 0.120 e. The first kappa shape index (κ1) is 14.8. The molecule has 2 rings (SSSR count). The summed E-state index contributed by atoms with van der Waals surface area (Å²) in [4.78, 5) is 0. The molecular weight excluding hydrogens is 316 g/mol. The van der Waals surface area contributed by atoms with Gasteiger partial charge in [0.2, 0.25) is 0 Å². The van der Waals surface area contributed by atoms with E-state index < -0.39 is 0 Å². The van der Waals surface area contributed by atoms with Crippen molar-refractivity contribution in [3.63, 3.8) is 0 Å². The highest BCUT2D eigenvalue weighted by molar-refractivity contribution is 9.10. The maximum Gasteiger partial charge on any atom is 0.120 e. The first-order valence-corrected chi connectivity index (χ1v) is 7.31. The van der Waals surface area contributed by atoms with Crippen LogP contribution in [-0.2, 0) is 4.74 Å². The number of halogens is 1. The Labute approximate surface area is 128 Å². The van der Waals surface area contributed by atoms with Crippen molar-refractivity contribution in [2.45, 2.75) is 0 Å². The first-order chi connectivity index (χ1) is 9.84. The molecule has 0 N–H and O–H groups in total. The molecule has 0 aliphatic heterocycles. The zero-order valence-electron chi connectivity index (χ0n) is 11.2. The van der Waals surface area contributed by atoms with Gasteiger partial charge in [0.1, 0.15) is 12.4 Å². The normalized spacial score (nSPS) is 10.8. The molecule has 2 nitrogen and oxygen atoms in total. The second kappa shape index (κ2) is 8.56. The summed E-state index contributed by atoms with van der Waals surface area (Å²) >= 11 is 3.41. The van der Waals surface area contributed by atoms with Crippen LogP contribution < -0.4 is 4.74 Å². The minimum Gasteiger partial charge on any atom is -0.491 e. The SMILES string of the molecule is Brc1cccc(OCCOCC=Cc2ccccc2)c1. The van der Waals surface area contributed by atoms with E-state index in [-0.39, 0.29) is 0 Å². The predicted octanol–water partition coefficient (Wildman–Crippen LogP) is 4.56. The van der Waals surface area contributed by atoms with Crippen molar-refractivity contribution in [1.29, 1.82) is 0 Å². The monoisotopic (exact) mass is 332 g/mol. The molecule has 0 unspecified atom stereocenters. The lowest BCUT2D eigenvalue weighted by Gasteiger charge is -2.06. The lowest BCUT2D eigenvalue weighted by atomic mass is 10.2. The quantitative estimate of drug-likeness (QED) is 0.692. The molecule has 104 valence electrons. The summed E-state index contributed by atoms with van der Waals surface area (Å²) in [6.07, 6.45) is 4.06. The summed E-state index contributed by atoms with van der Waals surface area (Å²) in [6.45, 7) is 1.72. The van der Waals surface area contributed by atoms with Gasteiger partial charge in [-0.2, -0.15) is 0 Å². The fourth-order valence-corrected chi connectivity index (χ4v) is 2.05. The molecule has 0 radical (unpaired) electrons. The minimum atomic E-state index is 0.551. The molecule has 3 heteroatoms. The number of rotatable bonds is 7. The van der Waals surface area contributed by atoms with E-state index in [2.05, 4.69) is 34.1 Å². The molecule has 0 fully saturated rings. The second-order valence-electron chi connectivity index (χ2n) is 4.19. The number of benzene rings is 2. The molecule has 2 aromatic carbocycles. The Morgan fingerprint density at radius 3 is 2.60 bits per heavy atom. The van der Waals surface area contributed by atoms with Gasteiger partial charge in [-0.15, -0.1) is 0 Å². The van der Waals surface area contributed by atoms with Gasteiger partial charge in [-0.05, 0) is 23.8 Å². The number of hydrogen-bond acceptors (Lipinski definition) is 2. The van der Waals surface area contributed by atoms with Crippen molar-refractivity contribution >= 4 is 22.0 Å². The van der Waals surface area contributed by atoms with Crippen molar-refractivity contribution in [2.75, 3.05) is 19.8 Å². The van der Waals surface area contributed by atoms with Gasteiger partial charge in [-0.25, -0.2) is 0 Å². The molecule has 0 heterocycles. The van der Waals surface area contributed by atoms with Gasteiger partial charge >= 0.3 is 0 Å². The van der Waals surface area contributed by atoms with Gasteiger partial charge in [0, 0.05) is 4.47 Å². The van der Waals surface area contributed by atoms with Crippen LogP contribution in [-0.4, -0.2) is 19.8 Å². The lowest BCUT2D eigenvalue weighted by molar-refractivity contribution is 0.121. The van der Waals surface area contributed by atoms with E-state index in [9.17, 15) is 0 Å².